The molecule has 2 aliphatic heterocycles. The Bertz CT molecular complexity index is 298. The first-order valence-corrected chi connectivity index (χ1v) is 6.77. The number of hydrogen-bond acceptors (Lipinski definition) is 3. The zero-order chi connectivity index (χ0) is 12.6. The van der Waals surface area contributed by atoms with Crippen molar-refractivity contribution in [2.24, 2.45) is 11.7 Å². The predicted octanol–water partition coefficient (Wildman–Crippen LogP) is 1.09. The van der Waals surface area contributed by atoms with Crippen LogP contribution >= 0.6 is 12.4 Å². The molecular weight excluding hydrogens is 250 g/mol. The van der Waals surface area contributed by atoms with Gasteiger partial charge in [0.15, 0.2) is 0 Å². The molecule has 0 aliphatic carbocycles. The van der Waals surface area contributed by atoms with Crippen LogP contribution in [0.1, 0.15) is 33.1 Å². The van der Waals surface area contributed by atoms with Gasteiger partial charge >= 0.3 is 0 Å². The fourth-order valence-corrected chi connectivity index (χ4v) is 3.00. The Morgan fingerprint density at radius 2 is 1.83 bits per heavy atom. The summed E-state index contributed by atoms with van der Waals surface area (Å²) in [6.07, 6.45) is 3.62. The highest BCUT2D eigenvalue weighted by Crippen LogP contribution is 2.28. The lowest BCUT2D eigenvalue weighted by Crippen LogP contribution is -2.49. The maximum atomic E-state index is 12.3. The summed E-state index contributed by atoms with van der Waals surface area (Å²) in [5.41, 5.74) is 5.97. The van der Waals surface area contributed by atoms with Gasteiger partial charge in [-0.05, 0) is 32.2 Å². The van der Waals surface area contributed by atoms with Crippen LogP contribution in [-0.2, 0) is 4.79 Å². The van der Waals surface area contributed by atoms with Gasteiger partial charge in [0.05, 0.1) is 6.04 Å². The monoisotopic (exact) mass is 275 g/mol. The summed E-state index contributed by atoms with van der Waals surface area (Å²) in [5, 5.41) is 0. The van der Waals surface area contributed by atoms with Crippen molar-refractivity contribution < 1.29 is 4.79 Å². The van der Waals surface area contributed by atoms with Crippen molar-refractivity contribution in [3.8, 4) is 0 Å². The van der Waals surface area contributed by atoms with Crippen LogP contribution in [0, 0.1) is 5.92 Å². The van der Waals surface area contributed by atoms with E-state index in [1.165, 1.54) is 12.8 Å². The molecule has 5 heteroatoms. The molecule has 0 spiro atoms. The second-order valence-electron chi connectivity index (χ2n) is 5.89. The summed E-state index contributed by atoms with van der Waals surface area (Å²) >= 11 is 0. The summed E-state index contributed by atoms with van der Waals surface area (Å²) in [5.74, 6) is 0.363. The second-order valence-corrected chi connectivity index (χ2v) is 5.89. The van der Waals surface area contributed by atoms with Crippen molar-refractivity contribution in [1.29, 1.82) is 0 Å². The lowest BCUT2D eigenvalue weighted by molar-refractivity contribution is -0.133. The number of carbonyl (C=O) groups excluding carboxylic acids is 1. The van der Waals surface area contributed by atoms with E-state index in [4.69, 9.17) is 5.73 Å². The molecule has 0 aromatic carbocycles. The third-order valence-corrected chi connectivity index (χ3v) is 4.46. The third-order valence-electron chi connectivity index (χ3n) is 4.46. The molecule has 2 saturated heterocycles. The third kappa shape index (κ3) is 2.98. The molecule has 0 aromatic rings. The summed E-state index contributed by atoms with van der Waals surface area (Å²) in [6, 6.07) is 0.885. The fourth-order valence-electron chi connectivity index (χ4n) is 3.00. The Balaban J connectivity index is 0.00000162. The number of halogens is 1. The van der Waals surface area contributed by atoms with E-state index in [0.717, 1.165) is 19.5 Å². The Morgan fingerprint density at radius 3 is 2.44 bits per heavy atom. The molecule has 2 bridgehead atoms. The highest BCUT2D eigenvalue weighted by Gasteiger charge is 2.37. The summed E-state index contributed by atoms with van der Waals surface area (Å²) in [6.45, 7) is 5.77. The van der Waals surface area contributed by atoms with E-state index in [1.54, 1.807) is 0 Å². The molecule has 0 aromatic heterocycles. The molecule has 3 atom stereocenters. The van der Waals surface area contributed by atoms with E-state index in [2.05, 4.69) is 11.9 Å². The van der Waals surface area contributed by atoms with Crippen molar-refractivity contribution in [1.82, 2.24) is 9.80 Å². The van der Waals surface area contributed by atoms with E-state index < -0.39 is 0 Å². The first-order valence-electron chi connectivity index (χ1n) is 6.77. The topological polar surface area (TPSA) is 49.6 Å². The number of likely N-dealkylation sites (N-methyl/N-ethyl adjacent to an activating group) is 1. The van der Waals surface area contributed by atoms with Crippen LogP contribution in [0.25, 0.3) is 0 Å². The van der Waals surface area contributed by atoms with Gasteiger partial charge in [-0.15, -0.1) is 12.4 Å². The van der Waals surface area contributed by atoms with Crippen molar-refractivity contribution in [2.75, 3.05) is 20.1 Å². The second kappa shape index (κ2) is 6.22. The quantitative estimate of drug-likeness (QED) is 0.821. The average Bonchev–Trinajstić information content (AvgIpc) is 2.51. The van der Waals surface area contributed by atoms with E-state index >= 15 is 0 Å². The van der Waals surface area contributed by atoms with Gasteiger partial charge in [-0.2, -0.15) is 0 Å². The van der Waals surface area contributed by atoms with E-state index in [-0.39, 0.29) is 30.3 Å². The number of amides is 1. The molecule has 106 valence electrons. The van der Waals surface area contributed by atoms with Gasteiger partial charge in [0.25, 0.3) is 0 Å². The van der Waals surface area contributed by atoms with E-state index in [0.29, 0.717) is 12.1 Å². The highest BCUT2D eigenvalue weighted by molar-refractivity contribution is 5.85. The summed E-state index contributed by atoms with van der Waals surface area (Å²) < 4.78 is 0. The zero-order valence-electron chi connectivity index (χ0n) is 11.6. The number of fused-ring (bicyclic) bond motifs is 2. The molecule has 18 heavy (non-hydrogen) atoms. The number of carbonyl (C=O) groups is 1. The predicted molar refractivity (Wildman–Crippen MR) is 75.8 cm³/mol. The molecule has 2 heterocycles. The maximum Gasteiger partial charge on any atom is 0.239 e. The van der Waals surface area contributed by atoms with Crippen LogP contribution in [0.3, 0.4) is 0 Å². The maximum absolute atomic E-state index is 12.3. The number of nitrogens with zero attached hydrogens (tertiary/aromatic N) is 2. The van der Waals surface area contributed by atoms with E-state index in [1.807, 2.05) is 18.7 Å². The zero-order valence-corrected chi connectivity index (χ0v) is 12.4. The Hall–Kier alpha value is -0.320. The molecule has 2 fully saturated rings. The normalized spacial score (nSPS) is 29.9. The number of likely N-dealkylation sites (tertiary alicyclic amines) is 1. The van der Waals surface area contributed by atoms with Gasteiger partial charge in [-0.3, -0.25) is 9.69 Å². The Kier molecular flexibility index (Phi) is 5.44. The molecule has 0 saturated carbocycles. The van der Waals surface area contributed by atoms with Crippen LogP contribution in [-0.4, -0.2) is 54.0 Å². The van der Waals surface area contributed by atoms with Crippen molar-refractivity contribution >= 4 is 18.3 Å². The van der Waals surface area contributed by atoms with Crippen LogP contribution < -0.4 is 5.73 Å². The van der Waals surface area contributed by atoms with Crippen LogP contribution in [0.15, 0.2) is 0 Å². The van der Waals surface area contributed by atoms with Gasteiger partial charge in [0.2, 0.25) is 5.91 Å². The van der Waals surface area contributed by atoms with Gasteiger partial charge in [-0.1, -0.05) is 13.8 Å². The molecule has 2 unspecified atom stereocenters. The van der Waals surface area contributed by atoms with Crippen LogP contribution in [0.5, 0.6) is 0 Å². The lowest BCUT2D eigenvalue weighted by atomic mass is 10.0. The number of nitrogens with two attached hydrogens (primary N) is 1. The molecule has 2 aliphatic rings. The minimum absolute atomic E-state index is 0. The smallest absolute Gasteiger partial charge is 0.239 e. The van der Waals surface area contributed by atoms with Crippen molar-refractivity contribution in [2.45, 2.75) is 51.2 Å². The standard InChI is InChI=1S/C13H25N3O.ClH/c1-9(2)12(14)13(17)16-7-6-10-4-5-11(8-16)15(10)3;/h9-12H,4-8,14H2,1-3H3;1H/t10?,11?,12-;/m1./s1. The lowest BCUT2D eigenvalue weighted by Gasteiger charge is -2.29. The van der Waals surface area contributed by atoms with Crippen LogP contribution in [0.2, 0.25) is 0 Å². The first kappa shape index (κ1) is 15.7. The van der Waals surface area contributed by atoms with Gasteiger partial charge in [0, 0.05) is 25.2 Å². The van der Waals surface area contributed by atoms with E-state index in [9.17, 15) is 4.79 Å². The minimum Gasteiger partial charge on any atom is -0.340 e. The van der Waals surface area contributed by atoms with Crippen molar-refractivity contribution in [3.05, 3.63) is 0 Å². The molecule has 1 amide bonds. The molecule has 2 N–H and O–H groups in total. The largest absolute Gasteiger partial charge is 0.340 e. The first-order chi connectivity index (χ1) is 8.00. The highest BCUT2D eigenvalue weighted by atomic mass is 35.5. The summed E-state index contributed by atoms with van der Waals surface area (Å²) in [7, 11) is 2.19. The van der Waals surface area contributed by atoms with Crippen LogP contribution in [0.4, 0.5) is 0 Å². The Labute approximate surface area is 116 Å². The Morgan fingerprint density at radius 1 is 1.22 bits per heavy atom. The summed E-state index contributed by atoms with van der Waals surface area (Å²) in [4.78, 5) is 16.7. The number of hydrogen-bond donors (Lipinski definition) is 1. The van der Waals surface area contributed by atoms with Crippen molar-refractivity contribution in [3.63, 3.8) is 0 Å². The number of rotatable bonds is 2. The SMILES string of the molecule is CC(C)[C@@H](N)C(=O)N1CCC2CCC(C1)N2C.Cl. The average molecular weight is 276 g/mol. The fraction of sp³-hybridized carbons (Fsp3) is 0.923. The molecule has 4 nitrogen and oxygen atoms in total. The van der Waals surface area contributed by atoms with Gasteiger partial charge in [0.1, 0.15) is 0 Å². The molecule has 2 rings (SSSR count). The van der Waals surface area contributed by atoms with Gasteiger partial charge < -0.3 is 10.6 Å². The molecular formula is C13H26ClN3O. The minimum atomic E-state index is -0.336. The van der Waals surface area contributed by atoms with Gasteiger partial charge in [-0.25, -0.2) is 0 Å². The molecule has 0 radical (unpaired) electrons.